The third-order valence-corrected chi connectivity index (χ3v) is 5.46. The second kappa shape index (κ2) is 6.98. The van der Waals surface area contributed by atoms with Crippen molar-refractivity contribution in [2.45, 2.75) is 31.6 Å². The van der Waals surface area contributed by atoms with Crippen molar-refractivity contribution in [3.8, 4) is 0 Å². The van der Waals surface area contributed by atoms with Gasteiger partial charge in [0.15, 0.2) is 0 Å². The predicted octanol–water partition coefficient (Wildman–Crippen LogP) is 6.94. The van der Waals surface area contributed by atoms with Crippen LogP contribution in [0.1, 0.15) is 48.3 Å². The van der Waals surface area contributed by atoms with Gasteiger partial charge in [-0.05, 0) is 51.0 Å². The van der Waals surface area contributed by atoms with E-state index in [4.69, 9.17) is 23.2 Å². The monoisotopic (exact) mass is 370 g/mol. The van der Waals surface area contributed by atoms with Crippen molar-refractivity contribution in [3.63, 3.8) is 0 Å². The number of rotatable bonds is 4. The molecule has 2 aromatic rings. The summed E-state index contributed by atoms with van der Waals surface area (Å²) in [6.07, 6.45) is 1.14. The molecule has 0 saturated heterocycles. The Morgan fingerprint density at radius 1 is 1.05 bits per heavy atom. The van der Waals surface area contributed by atoms with Crippen LogP contribution in [0.25, 0.3) is 0 Å². The van der Waals surface area contributed by atoms with Crippen LogP contribution in [0, 0.1) is 0 Å². The normalized spacial score (nSPS) is 14.1. The first-order valence-corrected chi connectivity index (χ1v) is 8.33. The highest BCUT2D eigenvalue weighted by molar-refractivity contribution is 9.10. The van der Waals surface area contributed by atoms with Gasteiger partial charge < -0.3 is 0 Å². The standard InChI is InChI=1S/C17H17BrCl2/c1-3-11(2)12-7-9-13(10-8-12)16(19)14-5-4-6-15(18)17(14)20/h4-11,16H,3H2,1-2H3. The molecule has 0 bridgehead atoms. The molecule has 2 aromatic carbocycles. The van der Waals surface area contributed by atoms with Crippen LogP contribution in [0.15, 0.2) is 46.9 Å². The number of hydrogen-bond donors (Lipinski definition) is 0. The van der Waals surface area contributed by atoms with E-state index in [1.807, 2.05) is 18.2 Å². The van der Waals surface area contributed by atoms with Crippen LogP contribution in [0.5, 0.6) is 0 Å². The Balaban J connectivity index is 2.29. The van der Waals surface area contributed by atoms with E-state index in [2.05, 4.69) is 54.0 Å². The van der Waals surface area contributed by atoms with Gasteiger partial charge in [0.05, 0.1) is 10.4 Å². The van der Waals surface area contributed by atoms with Crippen molar-refractivity contribution >= 4 is 39.1 Å². The van der Waals surface area contributed by atoms with Crippen LogP contribution in [0.3, 0.4) is 0 Å². The zero-order chi connectivity index (χ0) is 14.7. The van der Waals surface area contributed by atoms with E-state index in [9.17, 15) is 0 Å². The van der Waals surface area contributed by atoms with Crippen LogP contribution in [-0.4, -0.2) is 0 Å². The Bertz CT molecular complexity index is 578. The maximum Gasteiger partial charge on any atom is 0.0850 e. The second-order valence-electron chi connectivity index (χ2n) is 4.98. The average Bonchev–Trinajstić information content (AvgIpc) is 2.48. The second-order valence-corrected chi connectivity index (χ2v) is 6.65. The average molecular weight is 372 g/mol. The quantitative estimate of drug-likeness (QED) is 0.510. The molecule has 0 N–H and O–H groups in total. The Kier molecular flexibility index (Phi) is 5.54. The van der Waals surface area contributed by atoms with Gasteiger partial charge in [-0.2, -0.15) is 0 Å². The minimum atomic E-state index is -0.231. The first-order chi connectivity index (χ1) is 9.54. The third kappa shape index (κ3) is 3.39. The maximum atomic E-state index is 6.57. The molecule has 0 saturated carbocycles. The van der Waals surface area contributed by atoms with E-state index in [1.165, 1.54) is 5.56 Å². The van der Waals surface area contributed by atoms with Crippen molar-refractivity contribution < 1.29 is 0 Å². The molecular weight excluding hydrogens is 355 g/mol. The molecule has 0 aliphatic heterocycles. The summed E-state index contributed by atoms with van der Waals surface area (Å²) in [6, 6.07) is 14.3. The summed E-state index contributed by atoms with van der Waals surface area (Å²) >= 11 is 16.3. The van der Waals surface area contributed by atoms with Crippen LogP contribution in [0.2, 0.25) is 5.02 Å². The van der Waals surface area contributed by atoms with Crippen LogP contribution in [0.4, 0.5) is 0 Å². The molecule has 2 atom stereocenters. The van der Waals surface area contributed by atoms with E-state index in [0.717, 1.165) is 22.0 Å². The van der Waals surface area contributed by atoms with Gasteiger partial charge >= 0.3 is 0 Å². The topological polar surface area (TPSA) is 0 Å². The largest absolute Gasteiger partial charge is 0.113 e. The Labute approximate surface area is 139 Å². The van der Waals surface area contributed by atoms with Crippen molar-refractivity contribution in [3.05, 3.63) is 68.7 Å². The lowest BCUT2D eigenvalue weighted by Gasteiger charge is -2.15. The molecule has 0 aromatic heterocycles. The molecule has 0 spiro atoms. The molecule has 2 unspecified atom stereocenters. The first-order valence-electron chi connectivity index (χ1n) is 6.72. The van der Waals surface area contributed by atoms with Gasteiger partial charge in [0.25, 0.3) is 0 Å². The first kappa shape index (κ1) is 15.9. The van der Waals surface area contributed by atoms with Crippen molar-refractivity contribution in [2.75, 3.05) is 0 Å². The van der Waals surface area contributed by atoms with E-state index in [0.29, 0.717) is 10.9 Å². The minimum Gasteiger partial charge on any atom is -0.113 e. The van der Waals surface area contributed by atoms with Crippen molar-refractivity contribution in [1.82, 2.24) is 0 Å². The Hall–Kier alpha value is -0.500. The number of benzene rings is 2. The Morgan fingerprint density at radius 3 is 2.25 bits per heavy atom. The molecule has 3 heteroatoms. The zero-order valence-electron chi connectivity index (χ0n) is 11.5. The molecule has 2 rings (SSSR count). The fourth-order valence-electron chi connectivity index (χ4n) is 2.12. The highest BCUT2D eigenvalue weighted by Gasteiger charge is 2.16. The molecule has 0 aliphatic rings. The lowest BCUT2D eigenvalue weighted by Crippen LogP contribution is -1.97. The number of alkyl halides is 1. The van der Waals surface area contributed by atoms with Gasteiger partial charge in [-0.25, -0.2) is 0 Å². The van der Waals surface area contributed by atoms with E-state index < -0.39 is 0 Å². The summed E-state index contributed by atoms with van der Waals surface area (Å²) in [4.78, 5) is 0. The molecule has 20 heavy (non-hydrogen) atoms. The van der Waals surface area contributed by atoms with Gasteiger partial charge in [-0.15, -0.1) is 11.6 Å². The summed E-state index contributed by atoms with van der Waals surface area (Å²) in [6.45, 7) is 4.43. The maximum absolute atomic E-state index is 6.57. The SMILES string of the molecule is CCC(C)c1ccc(C(Cl)c2cccc(Br)c2Cl)cc1. The number of hydrogen-bond acceptors (Lipinski definition) is 0. The highest BCUT2D eigenvalue weighted by atomic mass is 79.9. The van der Waals surface area contributed by atoms with E-state index in [1.54, 1.807) is 0 Å². The summed E-state index contributed by atoms with van der Waals surface area (Å²) in [5.41, 5.74) is 3.35. The van der Waals surface area contributed by atoms with Gasteiger partial charge in [-0.1, -0.05) is 61.8 Å². The van der Waals surface area contributed by atoms with Gasteiger partial charge in [0, 0.05) is 4.47 Å². The van der Waals surface area contributed by atoms with E-state index >= 15 is 0 Å². The third-order valence-electron chi connectivity index (χ3n) is 3.67. The fourth-order valence-corrected chi connectivity index (χ4v) is 3.12. The van der Waals surface area contributed by atoms with Gasteiger partial charge in [-0.3, -0.25) is 0 Å². The molecule has 0 amide bonds. The molecule has 0 heterocycles. The highest BCUT2D eigenvalue weighted by Crippen LogP contribution is 2.37. The predicted molar refractivity (Wildman–Crippen MR) is 92.0 cm³/mol. The summed E-state index contributed by atoms with van der Waals surface area (Å²) < 4.78 is 0.874. The summed E-state index contributed by atoms with van der Waals surface area (Å²) in [7, 11) is 0. The van der Waals surface area contributed by atoms with E-state index in [-0.39, 0.29) is 5.38 Å². The van der Waals surface area contributed by atoms with Crippen LogP contribution < -0.4 is 0 Å². The number of halogens is 3. The molecule has 0 radical (unpaired) electrons. The smallest absolute Gasteiger partial charge is 0.0850 e. The summed E-state index contributed by atoms with van der Waals surface area (Å²) in [5, 5.41) is 0.449. The van der Waals surface area contributed by atoms with Crippen molar-refractivity contribution in [1.29, 1.82) is 0 Å². The fraction of sp³-hybridized carbons (Fsp3) is 0.294. The zero-order valence-corrected chi connectivity index (χ0v) is 14.6. The molecule has 106 valence electrons. The van der Waals surface area contributed by atoms with Gasteiger partial charge in [0.1, 0.15) is 0 Å². The van der Waals surface area contributed by atoms with Crippen molar-refractivity contribution in [2.24, 2.45) is 0 Å². The lowest BCUT2D eigenvalue weighted by atomic mass is 9.96. The minimum absolute atomic E-state index is 0.231. The lowest BCUT2D eigenvalue weighted by molar-refractivity contribution is 0.733. The van der Waals surface area contributed by atoms with Crippen LogP contribution in [-0.2, 0) is 0 Å². The summed E-state index contributed by atoms with van der Waals surface area (Å²) in [5.74, 6) is 0.576. The molecule has 0 aliphatic carbocycles. The molecular formula is C17H17BrCl2. The Morgan fingerprint density at radius 2 is 1.65 bits per heavy atom. The molecule has 0 nitrogen and oxygen atoms in total. The van der Waals surface area contributed by atoms with Gasteiger partial charge in [0.2, 0.25) is 0 Å². The van der Waals surface area contributed by atoms with Crippen LogP contribution >= 0.6 is 39.1 Å². The molecule has 0 fully saturated rings.